The molecule has 0 bridgehead atoms. The van der Waals surface area contributed by atoms with Gasteiger partial charge in [-0.05, 0) is 43.9 Å². The van der Waals surface area contributed by atoms with E-state index in [-0.39, 0.29) is 17.4 Å². The smallest absolute Gasteiger partial charge is 0.246 e. The lowest BCUT2D eigenvalue weighted by Gasteiger charge is -2.26. The molecule has 1 aliphatic rings. The Bertz CT molecular complexity index is 955. The molecule has 1 aliphatic heterocycles. The molecule has 0 saturated heterocycles. The molecule has 0 spiro atoms. The van der Waals surface area contributed by atoms with Crippen LogP contribution in [0.3, 0.4) is 0 Å². The van der Waals surface area contributed by atoms with Gasteiger partial charge in [-0.3, -0.25) is 0 Å². The summed E-state index contributed by atoms with van der Waals surface area (Å²) in [7, 11) is 0. The van der Waals surface area contributed by atoms with Crippen LogP contribution in [0.25, 0.3) is 5.69 Å². The highest BCUT2D eigenvalue weighted by Gasteiger charge is 2.28. The molecule has 5 heteroatoms. The van der Waals surface area contributed by atoms with Crippen LogP contribution in [-0.2, 0) is 6.54 Å². The molecule has 5 nitrogen and oxygen atoms in total. The van der Waals surface area contributed by atoms with E-state index >= 15 is 0 Å². The Balaban J connectivity index is 2.08. The van der Waals surface area contributed by atoms with Gasteiger partial charge < -0.3 is 0 Å². The van der Waals surface area contributed by atoms with Gasteiger partial charge in [0, 0.05) is 6.54 Å². The van der Waals surface area contributed by atoms with E-state index in [1.54, 1.807) is 21.5 Å². The van der Waals surface area contributed by atoms with Gasteiger partial charge in [0.05, 0.1) is 11.7 Å². The van der Waals surface area contributed by atoms with Crippen molar-refractivity contribution in [1.82, 2.24) is 13.9 Å². The summed E-state index contributed by atoms with van der Waals surface area (Å²) < 4.78 is 4.48. The van der Waals surface area contributed by atoms with Crippen molar-refractivity contribution in [2.24, 2.45) is 0 Å². The fourth-order valence-electron chi connectivity index (χ4n) is 3.44. The number of hydrogen-bond acceptors (Lipinski definition) is 2. The van der Waals surface area contributed by atoms with E-state index in [1.807, 2.05) is 49.4 Å². The van der Waals surface area contributed by atoms with E-state index in [4.69, 9.17) is 0 Å². The van der Waals surface area contributed by atoms with Crippen molar-refractivity contribution in [3.63, 3.8) is 0 Å². The number of para-hydroxylation sites is 1. The molecule has 136 valence electrons. The molecule has 0 saturated carbocycles. The topological polar surface area (TPSA) is 48.9 Å². The molecule has 0 amide bonds. The Morgan fingerprint density at radius 3 is 2.62 bits per heavy atom. The number of nitrogens with zero attached hydrogens (tertiary/aromatic N) is 3. The SMILES string of the molecule is C\C=C(/C=C\C=C\CC)C1CCCn2c(=O)n(-c3ccccc3)c(=O)n21. The second kappa shape index (κ2) is 8.04. The van der Waals surface area contributed by atoms with E-state index in [0.717, 1.165) is 24.8 Å². The monoisotopic (exact) mass is 351 g/mol. The first-order valence-electron chi connectivity index (χ1n) is 9.18. The fourth-order valence-corrected chi connectivity index (χ4v) is 3.44. The first kappa shape index (κ1) is 18.0. The van der Waals surface area contributed by atoms with Gasteiger partial charge in [0.2, 0.25) is 0 Å². The maximum atomic E-state index is 13.1. The highest BCUT2D eigenvalue weighted by atomic mass is 16.2. The van der Waals surface area contributed by atoms with Crippen LogP contribution in [0, 0.1) is 0 Å². The van der Waals surface area contributed by atoms with Crippen LogP contribution in [0.2, 0.25) is 0 Å². The molecule has 1 aromatic heterocycles. The molecule has 1 unspecified atom stereocenters. The van der Waals surface area contributed by atoms with Crippen molar-refractivity contribution in [3.8, 4) is 5.69 Å². The summed E-state index contributed by atoms with van der Waals surface area (Å²) in [5.74, 6) is 0. The van der Waals surface area contributed by atoms with Gasteiger partial charge in [0.25, 0.3) is 0 Å². The number of allylic oxidation sites excluding steroid dienone is 6. The number of hydrogen-bond donors (Lipinski definition) is 0. The van der Waals surface area contributed by atoms with Crippen molar-refractivity contribution < 1.29 is 0 Å². The van der Waals surface area contributed by atoms with Crippen molar-refractivity contribution in [2.45, 2.75) is 45.7 Å². The van der Waals surface area contributed by atoms with Crippen LogP contribution in [0.1, 0.15) is 39.2 Å². The van der Waals surface area contributed by atoms with Gasteiger partial charge >= 0.3 is 11.4 Å². The summed E-state index contributed by atoms with van der Waals surface area (Å²) >= 11 is 0. The molecule has 0 aliphatic carbocycles. The average Bonchev–Trinajstić information content (AvgIpc) is 2.93. The van der Waals surface area contributed by atoms with Crippen LogP contribution in [0.4, 0.5) is 0 Å². The Hall–Kier alpha value is -2.82. The van der Waals surface area contributed by atoms with Crippen LogP contribution in [0.15, 0.2) is 75.9 Å². The van der Waals surface area contributed by atoms with E-state index in [0.29, 0.717) is 12.2 Å². The molecule has 1 atom stereocenters. The lowest BCUT2D eigenvalue weighted by molar-refractivity contribution is 0.303. The normalized spacial score (nSPS) is 17.9. The third kappa shape index (κ3) is 3.29. The summed E-state index contributed by atoms with van der Waals surface area (Å²) in [5, 5.41) is 0. The van der Waals surface area contributed by atoms with E-state index in [1.165, 1.54) is 4.57 Å². The van der Waals surface area contributed by atoms with Gasteiger partial charge in [0.1, 0.15) is 0 Å². The molecular formula is C21H25N3O2. The molecule has 2 heterocycles. The van der Waals surface area contributed by atoms with Crippen LogP contribution in [-0.4, -0.2) is 13.9 Å². The molecule has 0 N–H and O–H groups in total. The first-order chi connectivity index (χ1) is 12.7. The Kier molecular flexibility index (Phi) is 5.56. The molecule has 3 rings (SSSR count). The van der Waals surface area contributed by atoms with Gasteiger partial charge in [0.15, 0.2) is 0 Å². The summed E-state index contributed by atoms with van der Waals surface area (Å²) in [4.78, 5) is 25.9. The van der Waals surface area contributed by atoms with Crippen LogP contribution >= 0.6 is 0 Å². The van der Waals surface area contributed by atoms with Crippen LogP contribution in [0.5, 0.6) is 0 Å². The van der Waals surface area contributed by atoms with Crippen molar-refractivity contribution in [1.29, 1.82) is 0 Å². The number of rotatable bonds is 5. The standard InChI is InChI=1S/C21H25N3O2/c1-3-5-6-8-12-17(4-2)19-15-11-16-22-20(25)23(21(26)24(19)22)18-13-9-7-10-14-18/h4-10,12-14,19H,3,11,15-16H2,1-2H3/b6-5+,12-8-,17-4+. The van der Waals surface area contributed by atoms with Crippen LogP contribution < -0.4 is 11.4 Å². The van der Waals surface area contributed by atoms with E-state index in [9.17, 15) is 9.59 Å². The third-order valence-electron chi connectivity index (χ3n) is 4.71. The summed E-state index contributed by atoms with van der Waals surface area (Å²) in [6.45, 7) is 4.63. The minimum atomic E-state index is -0.275. The predicted molar refractivity (Wildman–Crippen MR) is 105 cm³/mol. The van der Waals surface area contributed by atoms with Gasteiger partial charge in [-0.25, -0.2) is 23.5 Å². The predicted octanol–water partition coefficient (Wildman–Crippen LogP) is 3.60. The average molecular weight is 351 g/mol. The molecule has 26 heavy (non-hydrogen) atoms. The third-order valence-corrected chi connectivity index (χ3v) is 4.71. The maximum Gasteiger partial charge on any atom is 0.352 e. The quantitative estimate of drug-likeness (QED) is 0.773. The highest BCUT2D eigenvalue weighted by molar-refractivity contribution is 5.31. The molecule has 0 fully saturated rings. The maximum absolute atomic E-state index is 13.1. The van der Waals surface area contributed by atoms with Crippen molar-refractivity contribution >= 4 is 0 Å². The molecule has 1 aromatic carbocycles. The Morgan fingerprint density at radius 2 is 1.92 bits per heavy atom. The largest absolute Gasteiger partial charge is 0.352 e. The molecule has 0 radical (unpaired) electrons. The Morgan fingerprint density at radius 1 is 1.15 bits per heavy atom. The second-order valence-electron chi connectivity index (χ2n) is 6.35. The minimum Gasteiger partial charge on any atom is -0.246 e. The zero-order valence-corrected chi connectivity index (χ0v) is 15.3. The number of fused-ring (bicyclic) bond motifs is 1. The Labute approximate surface area is 153 Å². The second-order valence-corrected chi connectivity index (χ2v) is 6.35. The zero-order chi connectivity index (χ0) is 18.5. The minimum absolute atomic E-state index is 0.120. The molecular weight excluding hydrogens is 326 g/mol. The number of aromatic nitrogens is 3. The highest BCUT2D eigenvalue weighted by Crippen LogP contribution is 2.26. The number of benzene rings is 1. The van der Waals surface area contributed by atoms with Crippen molar-refractivity contribution in [3.05, 3.63) is 87.3 Å². The fraction of sp³-hybridized carbons (Fsp3) is 0.333. The molecule has 2 aromatic rings. The lowest BCUT2D eigenvalue weighted by Crippen LogP contribution is -2.35. The summed E-state index contributed by atoms with van der Waals surface area (Å²) in [6.07, 6.45) is 12.8. The summed E-state index contributed by atoms with van der Waals surface area (Å²) in [5.41, 5.74) is 1.12. The van der Waals surface area contributed by atoms with E-state index in [2.05, 4.69) is 13.0 Å². The zero-order valence-electron chi connectivity index (χ0n) is 15.3. The lowest BCUT2D eigenvalue weighted by atomic mass is 10.00. The van der Waals surface area contributed by atoms with E-state index < -0.39 is 0 Å². The van der Waals surface area contributed by atoms with Gasteiger partial charge in [-0.2, -0.15) is 0 Å². The summed E-state index contributed by atoms with van der Waals surface area (Å²) in [6, 6.07) is 9.00. The van der Waals surface area contributed by atoms with Gasteiger partial charge in [-0.15, -0.1) is 0 Å². The van der Waals surface area contributed by atoms with Gasteiger partial charge in [-0.1, -0.05) is 55.5 Å². The van der Waals surface area contributed by atoms with Crippen molar-refractivity contribution in [2.75, 3.05) is 0 Å². The first-order valence-corrected chi connectivity index (χ1v) is 9.18.